The quantitative estimate of drug-likeness (QED) is 0.521. The summed E-state index contributed by atoms with van der Waals surface area (Å²) in [6, 6.07) is 14.1. The maximum atomic E-state index is 12.0. The summed E-state index contributed by atoms with van der Waals surface area (Å²) in [5, 5.41) is 2.79. The molecule has 0 spiro atoms. The van der Waals surface area contributed by atoms with Gasteiger partial charge in [-0.05, 0) is 55.3 Å². The number of sulfonamides is 1. The third-order valence-electron chi connectivity index (χ3n) is 3.53. The Labute approximate surface area is 168 Å². The van der Waals surface area contributed by atoms with Crippen LogP contribution in [0.5, 0.6) is 5.75 Å². The van der Waals surface area contributed by atoms with Gasteiger partial charge in [0.15, 0.2) is 0 Å². The van der Waals surface area contributed by atoms with Crippen molar-refractivity contribution in [2.75, 3.05) is 22.4 Å². The molecule has 0 saturated heterocycles. The number of anilines is 2. The van der Waals surface area contributed by atoms with Crippen LogP contribution in [0.1, 0.15) is 26.2 Å². The predicted molar refractivity (Wildman–Crippen MR) is 112 cm³/mol. The van der Waals surface area contributed by atoms with Crippen molar-refractivity contribution in [3.8, 4) is 5.75 Å². The molecule has 0 fully saturated rings. The van der Waals surface area contributed by atoms with Crippen molar-refractivity contribution >= 4 is 43.2 Å². The second kappa shape index (κ2) is 10.3. The van der Waals surface area contributed by atoms with Crippen molar-refractivity contribution in [2.45, 2.75) is 26.2 Å². The topological polar surface area (TPSA) is 84.5 Å². The van der Waals surface area contributed by atoms with E-state index in [2.05, 4.69) is 26.0 Å². The Bertz CT molecular complexity index is 854. The molecule has 2 N–H and O–H groups in total. The summed E-state index contributed by atoms with van der Waals surface area (Å²) >= 11 is 3.38. The second-order valence-corrected chi connectivity index (χ2v) is 8.71. The third-order valence-corrected chi connectivity index (χ3v) is 5.51. The van der Waals surface area contributed by atoms with Gasteiger partial charge in [-0.15, -0.1) is 0 Å². The largest absolute Gasteiger partial charge is 0.494 e. The number of hydrogen-bond donors (Lipinski definition) is 2. The van der Waals surface area contributed by atoms with Crippen LogP contribution in [0, 0.1) is 0 Å². The van der Waals surface area contributed by atoms with Gasteiger partial charge in [0, 0.05) is 22.3 Å². The SMILES string of the molecule is CCCS(=O)(=O)Nc1ccc(NC(=O)CCCOc2cccc(Br)c2)cc1. The summed E-state index contributed by atoms with van der Waals surface area (Å²) in [6.07, 6.45) is 1.47. The van der Waals surface area contributed by atoms with E-state index in [0.29, 0.717) is 37.2 Å². The highest BCUT2D eigenvalue weighted by molar-refractivity contribution is 9.10. The molecule has 0 saturated carbocycles. The fraction of sp³-hybridized carbons (Fsp3) is 0.316. The first-order chi connectivity index (χ1) is 12.9. The monoisotopic (exact) mass is 454 g/mol. The highest BCUT2D eigenvalue weighted by Gasteiger charge is 2.09. The zero-order valence-electron chi connectivity index (χ0n) is 15.1. The van der Waals surface area contributed by atoms with Crippen LogP contribution in [0.2, 0.25) is 0 Å². The fourth-order valence-electron chi connectivity index (χ4n) is 2.32. The average Bonchev–Trinajstić information content (AvgIpc) is 2.60. The van der Waals surface area contributed by atoms with Crippen LogP contribution in [0.15, 0.2) is 53.0 Å². The molecule has 2 aromatic rings. The van der Waals surface area contributed by atoms with E-state index in [9.17, 15) is 13.2 Å². The standard InChI is InChI=1S/C19H23BrN2O4S/c1-2-13-27(24,25)22-17-10-8-16(9-11-17)21-19(23)7-4-12-26-18-6-3-5-15(20)14-18/h3,5-6,8-11,14,22H,2,4,7,12-13H2,1H3,(H,21,23). The molecule has 0 heterocycles. The summed E-state index contributed by atoms with van der Waals surface area (Å²) in [5.41, 5.74) is 1.09. The minimum absolute atomic E-state index is 0.0769. The van der Waals surface area contributed by atoms with Crippen LogP contribution in [0.4, 0.5) is 11.4 Å². The van der Waals surface area contributed by atoms with Crippen LogP contribution in [-0.4, -0.2) is 26.7 Å². The molecule has 0 aliphatic heterocycles. The molecule has 2 rings (SSSR count). The lowest BCUT2D eigenvalue weighted by Gasteiger charge is -2.09. The summed E-state index contributed by atoms with van der Waals surface area (Å²) in [5.74, 6) is 0.714. The zero-order valence-corrected chi connectivity index (χ0v) is 17.5. The lowest BCUT2D eigenvalue weighted by molar-refractivity contribution is -0.116. The first kappa shape index (κ1) is 21.2. The second-order valence-electron chi connectivity index (χ2n) is 5.96. The summed E-state index contributed by atoms with van der Waals surface area (Å²) in [6.45, 7) is 2.25. The van der Waals surface area contributed by atoms with E-state index in [-0.39, 0.29) is 11.7 Å². The number of rotatable bonds is 10. The number of ether oxygens (including phenoxy) is 1. The predicted octanol–water partition coefficient (Wildman–Crippen LogP) is 4.40. The van der Waals surface area contributed by atoms with Crippen LogP contribution in [0.3, 0.4) is 0 Å². The van der Waals surface area contributed by atoms with E-state index < -0.39 is 10.0 Å². The molecule has 0 aliphatic carbocycles. The van der Waals surface area contributed by atoms with Gasteiger partial charge in [-0.2, -0.15) is 0 Å². The molecule has 6 nitrogen and oxygen atoms in total. The molecule has 2 aromatic carbocycles. The molecule has 1 amide bonds. The van der Waals surface area contributed by atoms with Gasteiger partial charge >= 0.3 is 0 Å². The Kier molecular flexibility index (Phi) is 8.12. The van der Waals surface area contributed by atoms with E-state index in [1.807, 2.05) is 31.2 Å². The molecule has 0 atom stereocenters. The van der Waals surface area contributed by atoms with E-state index in [4.69, 9.17) is 4.74 Å². The molecule has 27 heavy (non-hydrogen) atoms. The molecular formula is C19H23BrN2O4S. The Morgan fingerprint density at radius 1 is 1.11 bits per heavy atom. The molecule has 0 unspecified atom stereocenters. The van der Waals surface area contributed by atoms with Crippen molar-refractivity contribution in [1.29, 1.82) is 0 Å². The maximum absolute atomic E-state index is 12.0. The lowest BCUT2D eigenvalue weighted by atomic mass is 10.2. The van der Waals surface area contributed by atoms with Crippen LogP contribution < -0.4 is 14.8 Å². The highest BCUT2D eigenvalue weighted by atomic mass is 79.9. The Morgan fingerprint density at radius 3 is 2.48 bits per heavy atom. The number of benzene rings is 2. The minimum atomic E-state index is -3.32. The summed E-state index contributed by atoms with van der Waals surface area (Å²) in [7, 11) is -3.32. The van der Waals surface area contributed by atoms with Gasteiger partial charge < -0.3 is 10.1 Å². The summed E-state index contributed by atoms with van der Waals surface area (Å²) < 4.78 is 32.5. The Balaban J connectivity index is 1.74. The minimum Gasteiger partial charge on any atom is -0.494 e. The van der Waals surface area contributed by atoms with Crippen LogP contribution in [0.25, 0.3) is 0 Å². The van der Waals surface area contributed by atoms with Gasteiger partial charge in [0.1, 0.15) is 5.75 Å². The highest BCUT2D eigenvalue weighted by Crippen LogP contribution is 2.18. The van der Waals surface area contributed by atoms with Gasteiger partial charge in [-0.1, -0.05) is 28.9 Å². The molecule has 146 valence electrons. The van der Waals surface area contributed by atoms with Gasteiger partial charge in [0.25, 0.3) is 0 Å². The molecule has 0 bridgehead atoms. The molecule has 0 aliphatic rings. The van der Waals surface area contributed by atoms with Crippen molar-refractivity contribution < 1.29 is 17.9 Å². The molecule has 0 aromatic heterocycles. The van der Waals surface area contributed by atoms with Gasteiger partial charge in [-0.3, -0.25) is 9.52 Å². The van der Waals surface area contributed by atoms with Crippen molar-refractivity contribution in [3.05, 3.63) is 53.0 Å². The summed E-state index contributed by atoms with van der Waals surface area (Å²) in [4.78, 5) is 12.0. The van der Waals surface area contributed by atoms with Gasteiger partial charge in [0.2, 0.25) is 15.9 Å². The third kappa shape index (κ3) is 8.01. The Morgan fingerprint density at radius 2 is 1.81 bits per heavy atom. The van der Waals surface area contributed by atoms with Crippen molar-refractivity contribution in [1.82, 2.24) is 0 Å². The zero-order chi connectivity index (χ0) is 19.7. The smallest absolute Gasteiger partial charge is 0.232 e. The first-order valence-electron chi connectivity index (χ1n) is 8.67. The molecule has 8 heteroatoms. The van der Waals surface area contributed by atoms with E-state index >= 15 is 0 Å². The normalized spacial score (nSPS) is 11.0. The molecular weight excluding hydrogens is 432 g/mol. The van der Waals surface area contributed by atoms with Gasteiger partial charge in [0.05, 0.1) is 12.4 Å². The number of amides is 1. The molecule has 0 radical (unpaired) electrons. The van der Waals surface area contributed by atoms with Gasteiger partial charge in [-0.25, -0.2) is 8.42 Å². The Hall–Kier alpha value is -2.06. The average molecular weight is 455 g/mol. The van der Waals surface area contributed by atoms with E-state index in [1.165, 1.54) is 0 Å². The lowest BCUT2D eigenvalue weighted by Crippen LogP contribution is -2.16. The van der Waals surface area contributed by atoms with E-state index in [0.717, 1.165) is 10.2 Å². The number of nitrogens with one attached hydrogen (secondary N) is 2. The number of carbonyl (C=O) groups is 1. The van der Waals surface area contributed by atoms with Crippen molar-refractivity contribution in [3.63, 3.8) is 0 Å². The van der Waals surface area contributed by atoms with Crippen LogP contribution >= 0.6 is 15.9 Å². The fourth-order valence-corrected chi connectivity index (χ4v) is 3.84. The number of halogens is 1. The number of hydrogen-bond acceptors (Lipinski definition) is 4. The van der Waals surface area contributed by atoms with Crippen LogP contribution in [-0.2, 0) is 14.8 Å². The van der Waals surface area contributed by atoms with Crippen molar-refractivity contribution in [2.24, 2.45) is 0 Å². The maximum Gasteiger partial charge on any atom is 0.232 e. The number of carbonyl (C=O) groups excluding carboxylic acids is 1. The van der Waals surface area contributed by atoms with E-state index in [1.54, 1.807) is 24.3 Å². The first-order valence-corrected chi connectivity index (χ1v) is 11.1.